The van der Waals surface area contributed by atoms with Crippen LogP contribution in [0.2, 0.25) is 0 Å². The van der Waals surface area contributed by atoms with E-state index in [1.807, 2.05) is 0 Å². The summed E-state index contributed by atoms with van der Waals surface area (Å²) in [5.74, 6) is 0.184. The van der Waals surface area contributed by atoms with Gasteiger partial charge in [-0.1, -0.05) is 0 Å². The zero-order chi connectivity index (χ0) is 12.1. The number of benzene rings is 1. The number of hydrogen-bond acceptors (Lipinski definition) is 5. The van der Waals surface area contributed by atoms with Gasteiger partial charge in [-0.15, -0.1) is 10.2 Å². The van der Waals surface area contributed by atoms with Gasteiger partial charge in [-0.3, -0.25) is 4.79 Å². The van der Waals surface area contributed by atoms with Gasteiger partial charge in [0, 0.05) is 17.7 Å². The van der Waals surface area contributed by atoms with Crippen molar-refractivity contribution in [2.24, 2.45) is 0 Å². The molecule has 1 aromatic heterocycles. The van der Waals surface area contributed by atoms with Gasteiger partial charge in [0.1, 0.15) is 0 Å². The molecule has 0 saturated carbocycles. The predicted molar refractivity (Wildman–Crippen MR) is 59.2 cm³/mol. The largest absolute Gasteiger partial charge is 0.423 e. The van der Waals surface area contributed by atoms with Crippen molar-refractivity contribution in [3.8, 4) is 11.5 Å². The van der Waals surface area contributed by atoms with Crippen LogP contribution in [0.5, 0.6) is 0 Å². The number of carbonyl (C=O) groups is 1. The molecule has 2 N–H and O–H groups in total. The summed E-state index contributed by atoms with van der Waals surface area (Å²) in [7, 11) is 0. The lowest BCUT2D eigenvalue weighted by Gasteiger charge is -2.03. The Morgan fingerprint density at radius 2 is 2.12 bits per heavy atom. The van der Waals surface area contributed by atoms with Crippen LogP contribution in [0, 0.1) is 0 Å². The van der Waals surface area contributed by atoms with Gasteiger partial charge in [0.25, 0.3) is 5.91 Å². The summed E-state index contributed by atoms with van der Waals surface area (Å²) < 4.78 is 5.03. The Morgan fingerprint density at radius 3 is 2.71 bits per heavy atom. The van der Waals surface area contributed by atoms with Crippen molar-refractivity contribution in [1.82, 2.24) is 15.5 Å². The number of carbonyl (C=O) groups excluding carboxylic acids is 1. The lowest BCUT2D eigenvalue weighted by Crippen LogP contribution is -2.26. The minimum absolute atomic E-state index is 0.0776. The van der Waals surface area contributed by atoms with Crippen molar-refractivity contribution in [3.63, 3.8) is 0 Å². The molecule has 6 nitrogen and oxygen atoms in total. The van der Waals surface area contributed by atoms with E-state index < -0.39 is 0 Å². The standard InChI is InChI=1S/C11H11N3O3/c15-6-5-12-10(16)8-1-3-9(4-2-8)11-14-13-7-17-11/h1-4,7,15H,5-6H2,(H,12,16). The molecule has 2 rings (SSSR count). The molecule has 1 amide bonds. The number of aliphatic hydroxyl groups is 1. The zero-order valence-electron chi connectivity index (χ0n) is 8.96. The number of hydrogen-bond donors (Lipinski definition) is 2. The normalized spacial score (nSPS) is 10.2. The summed E-state index contributed by atoms with van der Waals surface area (Å²) in [6.07, 6.45) is 1.25. The van der Waals surface area contributed by atoms with Gasteiger partial charge < -0.3 is 14.8 Å². The maximum absolute atomic E-state index is 11.5. The average Bonchev–Trinajstić information content (AvgIpc) is 2.90. The molecule has 2 aromatic rings. The van der Waals surface area contributed by atoms with Gasteiger partial charge >= 0.3 is 0 Å². The molecule has 1 aromatic carbocycles. The molecular formula is C11H11N3O3. The fraction of sp³-hybridized carbons (Fsp3) is 0.182. The zero-order valence-corrected chi connectivity index (χ0v) is 8.96. The number of amides is 1. The summed E-state index contributed by atoms with van der Waals surface area (Å²) in [6.45, 7) is 0.163. The second-order valence-corrected chi connectivity index (χ2v) is 3.30. The van der Waals surface area contributed by atoms with Gasteiger partial charge in [0.2, 0.25) is 12.3 Å². The van der Waals surface area contributed by atoms with Crippen LogP contribution in [-0.4, -0.2) is 34.4 Å². The smallest absolute Gasteiger partial charge is 0.251 e. The molecular weight excluding hydrogens is 222 g/mol. The minimum atomic E-state index is -0.226. The lowest BCUT2D eigenvalue weighted by molar-refractivity contribution is 0.0945. The van der Waals surface area contributed by atoms with E-state index in [0.29, 0.717) is 11.5 Å². The van der Waals surface area contributed by atoms with E-state index in [-0.39, 0.29) is 19.1 Å². The van der Waals surface area contributed by atoms with Gasteiger partial charge in [0.05, 0.1) is 6.61 Å². The summed E-state index contributed by atoms with van der Waals surface area (Å²) in [6, 6.07) is 6.77. The van der Waals surface area contributed by atoms with Crippen LogP contribution in [0.15, 0.2) is 35.1 Å². The molecule has 0 aliphatic carbocycles. The molecule has 88 valence electrons. The van der Waals surface area contributed by atoms with E-state index in [2.05, 4.69) is 15.5 Å². The first-order valence-corrected chi connectivity index (χ1v) is 5.07. The Morgan fingerprint density at radius 1 is 1.35 bits per heavy atom. The summed E-state index contributed by atoms with van der Waals surface area (Å²) in [5, 5.41) is 18.5. The molecule has 0 spiro atoms. The average molecular weight is 233 g/mol. The van der Waals surface area contributed by atoms with Crippen LogP contribution >= 0.6 is 0 Å². The van der Waals surface area contributed by atoms with Gasteiger partial charge in [-0.05, 0) is 24.3 Å². The van der Waals surface area contributed by atoms with Crippen molar-refractivity contribution in [3.05, 3.63) is 36.2 Å². The molecule has 0 saturated heterocycles. The number of nitrogens with zero attached hydrogens (tertiary/aromatic N) is 2. The third-order valence-electron chi connectivity index (χ3n) is 2.15. The van der Waals surface area contributed by atoms with Gasteiger partial charge in [-0.2, -0.15) is 0 Å². The Labute approximate surface area is 97.3 Å². The molecule has 0 radical (unpaired) electrons. The third kappa shape index (κ3) is 2.67. The van der Waals surface area contributed by atoms with E-state index >= 15 is 0 Å². The highest BCUT2D eigenvalue weighted by molar-refractivity contribution is 5.94. The van der Waals surface area contributed by atoms with Crippen LogP contribution < -0.4 is 5.32 Å². The monoisotopic (exact) mass is 233 g/mol. The molecule has 0 aliphatic heterocycles. The molecule has 0 atom stereocenters. The molecule has 0 unspecified atom stereocenters. The number of aromatic nitrogens is 2. The highest BCUT2D eigenvalue weighted by Gasteiger charge is 2.07. The Kier molecular flexibility index (Phi) is 3.46. The van der Waals surface area contributed by atoms with Crippen LogP contribution in [0.25, 0.3) is 11.5 Å². The molecule has 17 heavy (non-hydrogen) atoms. The first-order valence-electron chi connectivity index (χ1n) is 5.07. The molecule has 1 heterocycles. The number of rotatable bonds is 4. The Bertz CT molecular complexity index is 479. The van der Waals surface area contributed by atoms with E-state index in [0.717, 1.165) is 5.56 Å². The fourth-order valence-corrected chi connectivity index (χ4v) is 1.33. The summed E-state index contributed by atoms with van der Waals surface area (Å²) in [5.41, 5.74) is 1.27. The van der Waals surface area contributed by atoms with Crippen LogP contribution in [0.3, 0.4) is 0 Å². The SMILES string of the molecule is O=C(NCCO)c1ccc(-c2nnco2)cc1. The van der Waals surface area contributed by atoms with Crippen molar-refractivity contribution in [2.75, 3.05) is 13.2 Å². The van der Waals surface area contributed by atoms with E-state index in [9.17, 15) is 4.79 Å². The first kappa shape index (κ1) is 11.3. The number of nitrogens with one attached hydrogen (secondary N) is 1. The molecule has 6 heteroatoms. The van der Waals surface area contributed by atoms with Crippen molar-refractivity contribution < 1.29 is 14.3 Å². The summed E-state index contributed by atoms with van der Waals surface area (Å²) in [4.78, 5) is 11.5. The van der Waals surface area contributed by atoms with Gasteiger partial charge in [-0.25, -0.2) is 0 Å². The Hall–Kier alpha value is -2.21. The van der Waals surface area contributed by atoms with Crippen molar-refractivity contribution in [1.29, 1.82) is 0 Å². The number of aliphatic hydroxyl groups excluding tert-OH is 1. The maximum atomic E-state index is 11.5. The lowest BCUT2D eigenvalue weighted by atomic mass is 10.1. The van der Waals surface area contributed by atoms with Gasteiger partial charge in [0.15, 0.2) is 0 Å². The third-order valence-corrected chi connectivity index (χ3v) is 2.15. The van der Waals surface area contributed by atoms with E-state index in [1.54, 1.807) is 24.3 Å². The quantitative estimate of drug-likeness (QED) is 0.800. The molecule has 0 fully saturated rings. The highest BCUT2D eigenvalue weighted by atomic mass is 16.4. The van der Waals surface area contributed by atoms with Crippen molar-refractivity contribution >= 4 is 5.91 Å². The topological polar surface area (TPSA) is 88.2 Å². The highest BCUT2D eigenvalue weighted by Crippen LogP contribution is 2.16. The second-order valence-electron chi connectivity index (χ2n) is 3.30. The van der Waals surface area contributed by atoms with E-state index in [1.165, 1.54) is 6.39 Å². The fourth-order valence-electron chi connectivity index (χ4n) is 1.33. The predicted octanol–water partition coefficient (Wildman–Crippen LogP) is 0.459. The second kappa shape index (κ2) is 5.22. The van der Waals surface area contributed by atoms with Crippen LogP contribution in [0.1, 0.15) is 10.4 Å². The van der Waals surface area contributed by atoms with Crippen molar-refractivity contribution in [2.45, 2.75) is 0 Å². The molecule has 0 bridgehead atoms. The Balaban J connectivity index is 2.10. The van der Waals surface area contributed by atoms with E-state index in [4.69, 9.17) is 9.52 Å². The molecule has 0 aliphatic rings. The van der Waals surface area contributed by atoms with Crippen LogP contribution in [-0.2, 0) is 0 Å². The minimum Gasteiger partial charge on any atom is -0.423 e. The van der Waals surface area contributed by atoms with Crippen LogP contribution in [0.4, 0.5) is 0 Å². The summed E-state index contributed by atoms with van der Waals surface area (Å²) >= 11 is 0. The maximum Gasteiger partial charge on any atom is 0.251 e. The first-order chi connectivity index (χ1) is 8.31.